The fourth-order valence-corrected chi connectivity index (χ4v) is 1.01. The zero-order valence-corrected chi connectivity index (χ0v) is 8.21. The van der Waals surface area contributed by atoms with E-state index in [0.29, 0.717) is 5.92 Å². The summed E-state index contributed by atoms with van der Waals surface area (Å²) in [6.45, 7) is 5.30. The molecule has 0 aliphatic rings. The van der Waals surface area contributed by atoms with Gasteiger partial charge in [-0.15, -0.1) is 12.4 Å². The van der Waals surface area contributed by atoms with Crippen molar-refractivity contribution in [3.05, 3.63) is 18.2 Å². The van der Waals surface area contributed by atoms with Crippen LogP contribution in [0.5, 0.6) is 0 Å². The number of imidazole rings is 1. The average molecular weight is 191 g/mol. The largest absolute Gasteiger partial charge is 0.390 e. The molecule has 4 heteroatoms. The number of nitrogens with zero attached hydrogens (tertiary/aromatic N) is 2. The predicted octanol–water partition coefficient (Wildman–Crippen LogP) is 1.45. The molecule has 0 saturated heterocycles. The van der Waals surface area contributed by atoms with E-state index in [-0.39, 0.29) is 19.0 Å². The average Bonchev–Trinajstić information content (AvgIpc) is 2.34. The summed E-state index contributed by atoms with van der Waals surface area (Å²) in [5.74, 6) is 0.621. The molecule has 0 amide bonds. The Bertz CT molecular complexity index is 223. The Labute approximate surface area is 78.8 Å². The molecule has 0 unspecified atom stereocenters. The lowest BCUT2D eigenvalue weighted by atomic mass is 10.2. The molecule has 0 fully saturated rings. The molecular weight excluding hydrogens is 176 g/mol. The van der Waals surface area contributed by atoms with Gasteiger partial charge in [0.05, 0.1) is 18.6 Å². The van der Waals surface area contributed by atoms with Crippen molar-refractivity contribution in [2.45, 2.75) is 27.0 Å². The molecule has 0 aliphatic carbocycles. The lowest BCUT2D eigenvalue weighted by molar-refractivity contribution is 0.277. The number of aliphatic hydroxyl groups excluding tert-OH is 1. The van der Waals surface area contributed by atoms with Crippen LogP contribution in [0.25, 0.3) is 0 Å². The predicted molar refractivity (Wildman–Crippen MR) is 50.2 cm³/mol. The molecule has 0 spiro atoms. The smallest absolute Gasteiger partial charge is 0.0950 e. The fourth-order valence-electron chi connectivity index (χ4n) is 1.01. The highest BCUT2D eigenvalue weighted by molar-refractivity contribution is 5.85. The number of aliphatic hydroxyl groups is 1. The first-order valence-electron chi connectivity index (χ1n) is 3.84. The van der Waals surface area contributed by atoms with Gasteiger partial charge in [0.1, 0.15) is 0 Å². The van der Waals surface area contributed by atoms with E-state index < -0.39 is 0 Å². The minimum Gasteiger partial charge on any atom is -0.390 e. The molecule has 1 aromatic rings. The first kappa shape index (κ1) is 11.5. The maximum Gasteiger partial charge on any atom is 0.0950 e. The van der Waals surface area contributed by atoms with Crippen LogP contribution in [0.2, 0.25) is 0 Å². The first-order chi connectivity index (χ1) is 5.22. The Hall–Kier alpha value is -0.540. The van der Waals surface area contributed by atoms with Gasteiger partial charge in [0.25, 0.3) is 0 Å². The maximum absolute atomic E-state index is 8.71. The molecule has 0 atom stereocenters. The van der Waals surface area contributed by atoms with Crippen molar-refractivity contribution in [2.24, 2.45) is 5.92 Å². The molecule has 0 saturated carbocycles. The topological polar surface area (TPSA) is 38.0 Å². The van der Waals surface area contributed by atoms with Crippen LogP contribution in [0.15, 0.2) is 12.5 Å². The molecule has 12 heavy (non-hydrogen) atoms. The molecule has 1 N–H and O–H groups in total. The second-order valence-electron chi connectivity index (χ2n) is 3.11. The van der Waals surface area contributed by atoms with Crippen LogP contribution < -0.4 is 0 Å². The highest BCUT2D eigenvalue weighted by atomic mass is 35.5. The van der Waals surface area contributed by atoms with Crippen molar-refractivity contribution >= 4 is 12.4 Å². The van der Waals surface area contributed by atoms with Crippen LogP contribution in [-0.4, -0.2) is 14.7 Å². The Morgan fingerprint density at radius 1 is 1.58 bits per heavy atom. The zero-order valence-electron chi connectivity index (χ0n) is 7.40. The van der Waals surface area contributed by atoms with Crippen LogP contribution in [-0.2, 0) is 13.2 Å². The van der Waals surface area contributed by atoms with Gasteiger partial charge in [-0.2, -0.15) is 0 Å². The van der Waals surface area contributed by atoms with Crippen LogP contribution >= 0.6 is 12.4 Å². The van der Waals surface area contributed by atoms with Gasteiger partial charge in [-0.3, -0.25) is 0 Å². The van der Waals surface area contributed by atoms with Gasteiger partial charge in [0.2, 0.25) is 0 Å². The molecule has 70 valence electrons. The lowest BCUT2D eigenvalue weighted by Crippen LogP contribution is -2.01. The summed E-state index contributed by atoms with van der Waals surface area (Å²) in [6, 6.07) is 0. The molecule has 0 bridgehead atoms. The van der Waals surface area contributed by atoms with Crippen molar-refractivity contribution in [3.8, 4) is 0 Å². The number of hydrogen-bond acceptors (Lipinski definition) is 2. The summed E-state index contributed by atoms with van der Waals surface area (Å²) in [4.78, 5) is 4.00. The van der Waals surface area contributed by atoms with E-state index in [9.17, 15) is 0 Å². The Morgan fingerprint density at radius 2 is 2.25 bits per heavy atom. The zero-order chi connectivity index (χ0) is 8.27. The van der Waals surface area contributed by atoms with Gasteiger partial charge in [0.15, 0.2) is 0 Å². The van der Waals surface area contributed by atoms with E-state index >= 15 is 0 Å². The van der Waals surface area contributed by atoms with Gasteiger partial charge in [0, 0.05) is 12.7 Å². The summed E-state index contributed by atoms with van der Waals surface area (Å²) in [5, 5.41) is 8.71. The molecule has 3 nitrogen and oxygen atoms in total. The Kier molecular flexibility index (Phi) is 4.93. The highest BCUT2D eigenvalue weighted by Gasteiger charge is 1.98. The van der Waals surface area contributed by atoms with Crippen LogP contribution in [0.4, 0.5) is 0 Å². The normalized spacial score (nSPS) is 10.0. The van der Waals surface area contributed by atoms with E-state index in [2.05, 4.69) is 18.8 Å². The lowest BCUT2D eigenvalue weighted by Gasteiger charge is -2.03. The standard InChI is InChI=1S/C8H14N2O.ClH/c1-7(2)3-10-4-8(5-11)9-6-10;/h4,6-7,11H,3,5H2,1-2H3;1H. The third-order valence-corrected chi connectivity index (χ3v) is 1.42. The third kappa shape index (κ3) is 3.24. The van der Waals surface area contributed by atoms with E-state index in [0.717, 1.165) is 12.2 Å². The quantitative estimate of drug-likeness (QED) is 0.784. The molecule has 1 heterocycles. The number of hydrogen-bond donors (Lipinski definition) is 1. The van der Waals surface area contributed by atoms with Crippen molar-refractivity contribution in [1.82, 2.24) is 9.55 Å². The summed E-state index contributed by atoms with van der Waals surface area (Å²) < 4.78 is 2.00. The van der Waals surface area contributed by atoms with Gasteiger partial charge in [-0.25, -0.2) is 4.98 Å². The highest BCUT2D eigenvalue weighted by Crippen LogP contribution is 2.00. The minimum atomic E-state index is 0. The molecule has 0 aliphatic heterocycles. The minimum absolute atomic E-state index is 0. The number of rotatable bonds is 3. The van der Waals surface area contributed by atoms with Crippen LogP contribution in [0.3, 0.4) is 0 Å². The molecule has 0 aromatic carbocycles. The summed E-state index contributed by atoms with van der Waals surface area (Å²) in [7, 11) is 0. The van der Waals surface area contributed by atoms with Crippen molar-refractivity contribution in [1.29, 1.82) is 0 Å². The molecule has 1 aromatic heterocycles. The van der Waals surface area contributed by atoms with Gasteiger partial charge >= 0.3 is 0 Å². The molecule has 0 radical (unpaired) electrons. The van der Waals surface area contributed by atoms with Crippen LogP contribution in [0.1, 0.15) is 19.5 Å². The van der Waals surface area contributed by atoms with E-state index in [1.54, 1.807) is 6.33 Å². The molecular formula is C8H15ClN2O. The van der Waals surface area contributed by atoms with Gasteiger partial charge < -0.3 is 9.67 Å². The van der Waals surface area contributed by atoms with Crippen molar-refractivity contribution in [2.75, 3.05) is 0 Å². The van der Waals surface area contributed by atoms with Crippen molar-refractivity contribution < 1.29 is 5.11 Å². The summed E-state index contributed by atoms with van der Waals surface area (Å²) in [5.41, 5.74) is 0.741. The fraction of sp³-hybridized carbons (Fsp3) is 0.625. The van der Waals surface area contributed by atoms with E-state index in [4.69, 9.17) is 5.11 Å². The number of aromatic nitrogens is 2. The monoisotopic (exact) mass is 190 g/mol. The second-order valence-corrected chi connectivity index (χ2v) is 3.11. The summed E-state index contributed by atoms with van der Waals surface area (Å²) >= 11 is 0. The third-order valence-electron chi connectivity index (χ3n) is 1.42. The van der Waals surface area contributed by atoms with E-state index in [1.807, 2.05) is 10.8 Å². The SMILES string of the molecule is CC(C)Cn1cnc(CO)c1.Cl. The summed E-state index contributed by atoms with van der Waals surface area (Å²) in [6.07, 6.45) is 3.63. The van der Waals surface area contributed by atoms with Gasteiger partial charge in [-0.05, 0) is 5.92 Å². The Balaban J connectivity index is 0.00000121. The molecule has 1 rings (SSSR count). The number of halogens is 1. The van der Waals surface area contributed by atoms with Crippen molar-refractivity contribution in [3.63, 3.8) is 0 Å². The Morgan fingerprint density at radius 3 is 2.67 bits per heavy atom. The second kappa shape index (κ2) is 5.17. The van der Waals surface area contributed by atoms with Gasteiger partial charge in [-0.1, -0.05) is 13.8 Å². The first-order valence-corrected chi connectivity index (χ1v) is 3.84. The van der Waals surface area contributed by atoms with E-state index in [1.165, 1.54) is 0 Å². The maximum atomic E-state index is 8.71. The van der Waals surface area contributed by atoms with Crippen LogP contribution in [0, 0.1) is 5.92 Å².